The maximum atomic E-state index is 13.0. The number of carbonyl (C=O) groups excluding carboxylic acids is 2. The lowest BCUT2D eigenvalue weighted by Crippen LogP contribution is -2.31. The van der Waals surface area contributed by atoms with E-state index in [0.717, 1.165) is 11.1 Å². The number of hydrogen-bond acceptors (Lipinski definition) is 5. The van der Waals surface area contributed by atoms with Crippen LogP contribution in [-0.4, -0.2) is 49.1 Å². The fourth-order valence-corrected chi connectivity index (χ4v) is 3.96. The zero-order chi connectivity index (χ0) is 22.5. The zero-order valence-corrected chi connectivity index (χ0v) is 18.4. The Kier molecular flexibility index (Phi) is 7.13. The minimum Gasteiger partial charge on any atom is -0.507 e. The molecule has 3 rings (SSSR count). The van der Waals surface area contributed by atoms with E-state index in [1.165, 1.54) is 4.90 Å². The van der Waals surface area contributed by atoms with Crippen LogP contribution in [0, 0.1) is 0 Å². The summed E-state index contributed by atoms with van der Waals surface area (Å²) in [5, 5.41) is 11.2. The molecule has 1 aliphatic heterocycles. The van der Waals surface area contributed by atoms with E-state index in [0.29, 0.717) is 30.9 Å². The van der Waals surface area contributed by atoms with Gasteiger partial charge in [0.1, 0.15) is 11.5 Å². The number of ketones is 1. The Morgan fingerprint density at radius 2 is 1.81 bits per heavy atom. The molecule has 6 heteroatoms. The Morgan fingerprint density at radius 1 is 1.10 bits per heavy atom. The Bertz CT molecular complexity index is 981. The summed E-state index contributed by atoms with van der Waals surface area (Å²) >= 11 is 0. The standard InChI is InChI=1S/C25H29NO5/c1-16(2)19-15-18(11-12-20(19)31-4)23(27)21-22(17-9-6-5-7-10-17)26(13-8-14-30-3)25(29)24(21)28/h5-7,9-12,15-16,22,27H,8,13-14H2,1-4H3/b23-21-. The second-order valence-corrected chi connectivity index (χ2v) is 7.86. The minimum absolute atomic E-state index is 0.105. The van der Waals surface area contributed by atoms with Crippen LogP contribution in [0.15, 0.2) is 54.1 Å². The van der Waals surface area contributed by atoms with Gasteiger partial charge in [-0.1, -0.05) is 44.2 Å². The molecule has 1 saturated heterocycles. The summed E-state index contributed by atoms with van der Waals surface area (Å²) in [6.07, 6.45) is 0.590. The van der Waals surface area contributed by atoms with E-state index in [2.05, 4.69) is 0 Å². The Balaban J connectivity index is 2.14. The van der Waals surface area contributed by atoms with Crippen molar-refractivity contribution in [1.82, 2.24) is 4.90 Å². The average molecular weight is 424 g/mol. The van der Waals surface area contributed by atoms with Crippen LogP contribution in [0.25, 0.3) is 5.76 Å². The van der Waals surface area contributed by atoms with Gasteiger partial charge in [0, 0.05) is 25.8 Å². The van der Waals surface area contributed by atoms with Crippen LogP contribution in [0.4, 0.5) is 0 Å². The van der Waals surface area contributed by atoms with Crippen molar-refractivity contribution in [1.29, 1.82) is 0 Å². The third kappa shape index (κ3) is 4.49. The van der Waals surface area contributed by atoms with Gasteiger partial charge < -0.3 is 19.5 Å². The van der Waals surface area contributed by atoms with E-state index in [9.17, 15) is 14.7 Å². The number of aliphatic hydroxyl groups excluding tert-OH is 1. The Labute approximate surface area is 183 Å². The molecule has 164 valence electrons. The summed E-state index contributed by atoms with van der Waals surface area (Å²) in [4.78, 5) is 27.4. The lowest BCUT2D eigenvalue weighted by molar-refractivity contribution is -0.140. The van der Waals surface area contributed by atoms with Crippen molar-refractivity contribution in [3.8, 4) is 5.75 Å². The number of hydrogen-bond donors (Lipinski definition) is 1. The number of benzene rings is 2. The summed E-state index contributed by atoms with van der Waals surface area (Å²) in [5.74, 6) is -0.587. The van der Waals surface area contributed by atoms with Gasteiger partial charge in [-0.15, -0.1) is 0 Å². The van der Waals surface area contributed by atoms with Crippen LogP contribution in [-0.2, 0) is 14.3 Å². The van der Waals surface area contributed by atoms with Gasteiger partial charge in [0.15, 0.2) is 0 Å². The topological polar surface area (TPSA) is 76.1 Å². The summed E-state index contributed by atoms with van der Waals surface area (Å²) in [6.45, 7) is 4.89. The molecule has 1 aliphatic rings. The number of Topliss-reactive ketones (excluding diaryl/α,β-unsaturated/α-hetero) is 1. The van der Waals surface area contributed by atoms with Gasteiger partial charge in [0.05, 0.1) is 18.7 Å². The van der Waals surface area contributed by atoms with Gasteiger partial charge in [0.2, 0.25) is 0 Å². The quantitative estimate of drug-likeness (QED) is 0.297. The highest BCUT2D eigenvalue weighted by Crippen LogP contribution is 2.40. The second-order valence-electron chi connectivity index (χ2n) is 7.86. The highest BCUT2D eigenvalue weighted by molar-refractivity contribution is 6.46. The fourth-order valence-electron chi connectivity index (χ4n) is 3.96. The lowest BCUT2D eigenvalue weighted by atomic mass is 9.93. The van der Waals surface area contributed by atoms with E-state index in [-0.39, 0.29) is 17.3 Å². The SMILES string of the molecule is COCCCN1C(=O)C(=O)/C(=C(\O)c2ccc(OC)c(C(C)C)c2)C1c1ccccc1. The molecular formula is C25H29NO5. The van der Waals surface area contributed by atoms with Crippen molar-refractivity contribution < 1.29 is 24.2 Å². The average Bonchev–Trinajstić information content (AvgIpc) is 3.03. The first-order valence-corrected chi connectivity index (χ1v) is 10.4. The van der Waals surface area contributed by atoms with Crippen molar-refractivity contribution >= 4 is 17.4 Å². The molecule has 31 heavy (non-hydrogen) atoms. The minimum atomic E-state index is -0.675. The zero-order valence-electron chi connectivity index (χ0n) is 18.4. The third-order valence-corrected chi connectivity index (χ3v) is 5.53. The van der Waals surface area contributed by atoms with Gasteiger partial charge >= 0.3 is 0 Å². The molecular weight excluding hydrogens is 394 g/mol. The van der Waals surface area contributed by atoms with Crippen molar-refractivity contribution in [3.63, 3.8) is 0 Å². The van der Waals surface area contributed by atoms with Crippen LogP contribution in [0.2, 0.25) is 0 Å². The van der Waals surface area contributed by atoms with Gasteiger partial charge in [-0.25, -0.2) is 0 Å². The molecule has 0 saturated carbocycles. The van der Waals surface area contributed by atoms with E-state index in [1.54, 1.807) is 26.4 Å². The largest absolute Gasteiger partial charge is 0.507 e. The van der Waals surface area contributed by atoms with Crippen LogP contribution < -0.4 is 4.74 Å². The first kappa shape index (κ1) is 22.6. The number of ether oxygens (including phenoxy) is 2. The number of methoxy groups -OCH3 is 2. The van der Waals surface area contributed by atoms with Gasteiger partial charge in [-0.3, -0.25) is 9.59 Å². The molecule has 1 amide bonds. The Morgan fingerprint density at radius 3 is 2.42 bits per heavy atom. The molecule has 1 N–H and O–H groups in total. The van der Waals surface area contributed by atoms with E-state index >= 15 is 0 Å². The van der Waals surface area contributed by atoms with Crippen LogP contribution in [0.5, 0.6) is 5.75 Å². The predicted molar refractivity (Wildman–Crippen MR) is 119 cm³/mol. The molecule has 0 aromatic heterocycles. The van der Waals surface area contributed by atoms with E-state index in [4.69, 9.17) is 9.47 Å². The normalized spacial score (nSPS) is 18.1. The van der Waals surface area contributed by atoms with Crippen LogP contribution >= 0.6 is 0 Å². The van der Waals surface area contributed by atoms with Gasteiger partial charge in [0.25, 0.3) is 11.7 Å². The number of aliphatic hydroxyl groups is 1. The van der Waals surface area contributed by atoms with Crippen molar-refractivity contribution in [2.75, 3.05) is 27.4 Å². The molecule has 1 unspecified atom stereocenters. The molecule has 0 bridgehead atoms. The molecule has 1 fully saturated rings. The summed E-state index contributed by atoms with van der Waals surface area (Å²) < 4.78 is 10.5. The molecule has 6 nitrogen and oxygen atoms in total. The second kappa shape index (κ2) is 9.79. The third-order valence-electron chi connectivity index (χ3n) is 5.53. The number of rotatable bonds is 8. The summed E-state index contributed by atoms with van der Waals surface area (Å²) in [6, 6.07) is 14.0. The maximum absolute atomic E-state index is 13.0. The molecule has 1 atom stereocenters. The van der Waals surface area contributed by atoms with Crippen molar-refractivity contribution in [3.05, 3.63) is 70.8 Å². The summed E-state index contributed by atoms with van der Waals surface area (Å²) in [7, 11) is 3.19. The Hall–Kier alpha value is -3.12. The van der Waals surface area contributed by atoms with Gasteiger partial charge in [-0.05, 0) is 41.7 Å². The number of carbonyl (C=O) groups is 2. The molecule has 2 aromatic carbocycles. The highest BCUT2D eigenvalue weighted by atomic mass is 16.5. The molecule has 0 radical (unpaired) electrons. The fraction of sp³-hybridized carbons (Fsp3) is 0.360. The molecule has 2 aromatic rings. The molecule has 1 heterocycles. The molecule has 0 aliphatic carbocycles. The number of likely N-dealkylation sites (tertiary alicyclic amines) is 1. The smallest absolute Gasteiger partial charge is 0.295 e. The maximum Gasteiger partial charge on any atom is 0.295 e. The first-order chi connectivity index (χ1) is 14.9. The van der Waals surface area contributed by atoms with Crippen LogP contribution in [0.3, 0.4) is 0 Å². The van der Waals surface area contributed by atoms with Crippen molar-refractivity contribution in [2.45, 2.75) is 32.2 Å². The summed E-state index contributed by atoms with van der Waals surface area (Å²) in [5.41, 5.74) is 2.28. The van der Waals surface area contributed by atoms with Crippen molar-refractivity contribution in [2.24, 2.45) is 0 Å². The predicted octanol–water partition coefficient (Wildman–Crippen LogP) is 4.28. The highest BCUT2D eigenvalue weighted by Gasteiger charge is 2.45. The molecule has 0 spiro atoms. The number of nitrogens with zero attached hydrogens (tertiary/aromatic N) is 1. The van der Waals surface area contributed by atoms with E-state index < -0.39 is 17.7 Å². The van der Waals surface area contributed by atoms with E-state index in [1.807, 2.05) is 50.2 Å². The van der Waals surface area contributed by atoms with Gasteiger partial charge in [-0.2, -0.15) is 0 Å². The monoisotopic (exact) mass is 423 g/mol. The first-order valence-electron chi connectivity index (χ1n) is 10.4. The number of amides is 1. The lowest BCUT2D eigenvalue weighted by Gasteiger charge is -2.25. The van der Waals surface area contributed by atoms with Crippen LogP contribution in [0.1, 0.15) is 48.9 Å².